The van der Waals surface area contributed by atoms with Crippen molar-refractivity contribution in [1.29, 1.82) is 0 Å². The van der Waals surface area contributed by atoms with E-state index in [1.807, 2.05) is 66.7 Å². The zero-order valence-electron chi connectivity index (χ0n) is 21.4. The highest BCUT2D eigenvalue weighted by Gasteiger charge is 2.08. The van der Waals surface area contributed by atoms with Crippen molar-refractivity contribution < 1.29 is 9.59 Å². The van der Waals surface area contributed by atoms with E-state index in [0.717, 1.165) is 41.6 Å². The molecule has 8 heteroatoms. The van der Waals surface area contributed by atoms with Crippen LogP contribution >= 0.6 is 0 Å². The van der Waals surface area contributed by atoms with Gasteiger partial charge in [-0.1, -0.05) is 37.6 Å². The lowest BCUT2D eigenvalue weighted by molar-refractivity contribution is -0.116. The molecule has 194 valence electrons. The maximum absolute atomic E-state index is 12.4. The third kappa shape index (κ3) is 7.39. The zero-order valence-corrected chi connectivity index (χ0v) is 21.4. The Labute approximate surface area is 222 Å². The van der Waals surface area contributed by atoms with Gasteiger partial charge in [0.1, 0.15) is 5.82 Å². The average molecular weight is 509 g/mol. The van der Waals surface area contributed by atoms with Gasteiger partial charge in [0.15, 0.2) is 0 Å². The van der Waals surface area contributed by atoms with Crippen molar-refractivity contribution in [2.45, 2.75) is 32.6 Å². The van der Waals surface area contributed by atoms with Crippen LogP contribution in [-0.2, 0) is 16.0 Å². The predicted octanol–water partition coefficient (Wildman–Crippen LogP) is 5.80. The summed E-state index contributed by atoms with van der Waals surface area (Å²) in [5.74, 6) is 0.561. The summed E-state index contributed by atoms with van der Waals surface area (Å²) in [4.78, 5) is 34.3. The molecule has 0 aliphatic heterocycles. The molecule has 2 heterocycles. The van der Waals surface area contributed by atoms with E-state index in [0.29, 0.717) is 42.3 Å². The first-order valence-electron chi connectivity index (χ1n) is 12.7. The van der Waals surface area contributed by atoms with Crippen LogP contribution in [0.1, 0.15) is 31.7 Å². The summed E-state index contributed by atoms with van der Waals surface area (Å²) in [7, 11) is 0. The van der Waals surface area contributed by atoms with Gasteiger partial charge in [-0.3, -0.25) is 14.6 Å². The smallest absolute Gasteiger partial charge is 0.224 e. The van der Waals surface area contributed by atoms with Gasteiger partial charge in [-0.05, 0) is 66.4 Å². The normalized spacial score (nSPS) is 10.6. The molecule has 4 aromatic rings. The number of aromatic nitrogens is 2. The summed E-state index contributed by atoms with van der Waals surface area (Å²) in [6.07, 6.45) is 8.91. The molecule has 4 N–H and O–H groups in total. The number of anilines is 5. The van der Waals surface area contributed by atoms with Crippen molar-refractivity contribution in [3.63, 3.8) is 0 Å². The second-order valence-corrected chi connectivity index (χ2v) is 9.01. The Balaban J connectivity index is 1.33. The maximum atomic E-state index is 12.4. The number of benzene rings is 2. The van der Waals surface area contributed by atoms with Crippen LogP contribution in [0.4, 0.5) is 28.6 Å². The molecule has 38 heavy (non-hydrogen) atoms. The van der Waals surface area contributed by atoms with E-state index < -0.39 is 0 Å². The monoisotopic (exact) mass is 508 g/mol. The van der Waals surface area contributed by atoms with Gasteiger partial charge in [0, 0.05) is 36.1 Å². The molecule has 4 rings (SSSR count). The molecule has 0 saturated carbocycles. The summed E-state index contributed by atoms with van der Waals surface area (Å²) < 4.78 is 0. The lowest BCUT2D eigenvalue weighted by Crippen LogP contribution is -2.21. The van der Waals surface area contributed by atoms with Gasteiger partial charge in [0.25, 0.3) is 0 Å². The second kappa shape index (κ2) is 13.0. The largest absolute Gasteiger partial charge is 0.399 e. The fourth-order valence-electron chi connectivity index (χ4n) is 4.01. The average Bonchev–Trinajstić information content (AvgIpc) is 2.93. The molecule has 0 aliphatic carbocycles. The number of hydrogen-bond donors (Lipinski definition) is 3. The fourth-order valence-corrected chi connectivity index (χ4v) is 4.01. The number of carbonyl (C=O) groups is 2. The molecule has 0 radical (unpaired) electrons. The summed E-state index contributed by atoms with van der Waals surface area (Å²) in [6.45, 7) is 2.82. The molecule has 0 spiro atoms. The SMILES string of the molecule is CCCCN(C=O)c1ccc(-c2ccc(Nc3cncc(NC(=O)CCc4cccc(N)c4)c3)nc2)cc1. The van der Waals surface area contributed by atoms with E-state index in [2.05, 4.69) is 27.5 Å². The molecule has 0 saturated heterocycles. The Morgan fingerprint density at radius 2 is 1.76 bits per heavy atom. The number of nitrogens with zero attached hydrogens (tertiary/aromatic N) is 3. The molecule has 2 aromatic carbocycles. The highest BCUT2D eigenvalue weighted by atomic mass is 16.1. The fraction of sp³-hybridized carbons (Fsp3) is 0.200. The minimum Gasteiger partial charge on any atom is -0.399 e. The van der Waals surface area contributed by atoms with E-state index >= 15 is 0 Å². The van der Waals surface area contributed by atoms with Crippen LogP contribution in [0, 0.1) is 0 Å². The molecule has 2 aromatic heterocycles. The van der Waals surface area contributed by atoms with E-state index in [4.69, 9.17) is 5.73 Å². The van der Waals surface area contributed by atoms with Crippen molar-refractivity contribution in [1.82, 2.24) is 9.97 Å². The van der Waals surface area contributed by atoms with Gasteiger partial charge in [-0.25, -0.2) is 4.98 Å². The quantitative estimate of drug-likeness (QED) is 0.165. The maximum Gasteiger partial charge on any atom is 0.224 e. The van der Waals surface area contributed by atoms with Crippen LogP contribution in [-0.4, -0.2) is 28.8 Å². The van der Waals surface area contributed by atoms with Crippen LogP contribution in [0.5, 0.6) is 0 Å². The van der Waals surface area contributed by atoms with Crippen molar-refractivity contribution in [3.05, 3.63) is 90.9 Å². The summed E-state index contributed by atoms with van der Waals surface area (Å²) >= 11 is 0. The zero-order chi connectivity index (χ0) is 26.7. The number of hydrogen-bond acceptors (Lipinski definition) is 6. The van der Waals surface area contributed by atoms with Crippen molar-refractivity contribution in [3.8, 4) is 11.1 Å². The number of nitrogens with two attached hydrogens (primary N) is 1. The van der Waals surface area contributed by atoms with Crippen LogP contribution in [0.3, 0.4) is 0 Å². The van der Waals surface area contributed by atoms with Crippen molar-refractivity contribution >= 4 is 40.9 Å². The van der Waals surface area contributed by atoms with Gasteiger partial charge >= 0.3 is 0 Å². The minimum atomic E-state index is -0.0958. The molecule has 0 atom stereocenters. The molecule has 0 fully saturated rings. The van der Waals surface area contributed by atoms with Crippen LogP contribution in [0.25, 0.3) is 11.1 Å². The van der Waals surface area contributed by atoms with Gasteiger partial charge < -0.3 is 21.3 Å². The molecule has 0 unspecified atom stereocenters. The van der Waals surface area contributed by atoms with Crippen LogP contribution < -0.4 is 21.3 Å². The standard InChI is InChI=1S/C30H32N6O2/c1-2-3-15-36(21-37)28-11-8-23(9-12-28)24-10-13-29(33-18-24)34-26-17-27(20-32-19-26)35-30(38)14-7-22-5-4-6-25(31)16-22/h4-6,8-13,16-21H,2-3,7,14-15,31H2,1H3,(H,33,34)(H,35,38). The highest BCUT2D eigenvalue weighted by molar-refractivity contribution is 5.91. The lowest BCUT2D eigenvalue weighted by atomic mass is 10.1. The number of nitrogen functional groups attached to an aromatic ring is 1. The van der Waals surface area contributed by atoms with Gasteiger partial charge in [0.2, 0.25) is 12.3 Å². The second-order valence-electron chi connectivity index (χ2n) is 9.01. The minimum absolute atomic E-state index is 0.0958. The Morgan fingerprint density at radius 3 is 2.47 bits per heavy atom. The number of pyridine rings is 2. The number of nitrogens with one attached hydrogen (secondary N) is 2. The predicted molar refractivity (Wildman–Crippen MR) is 153 cm³/mol. The topological polar surface area (TPSA) is 113 Å². The summed E-state index contributed by atoms with van der Waals surface area (Å²) in [5, 5.41) is 6.12. The van der Waals surface area contributed by atoms with Crippen molar-refractivity contribution in [2.75, 3.05) is 27.8 Å². The Morgan fingerprint density at radius 1 is 0.974 bits per heavy atom. The van der Waals surface area contributed by atoms with Crippen LogP contribution in [0.2, 0.25) is 0 Å². The van der Waals surface area contributed by atoms with Gasteiger partial charge in [-0.2, -0.15) is 0 Å². The number of aryl methyl sites for hydroxylation is 1. The van der Waals surface area contributed by atoms with E-state index in [1.165, 1.54) is 0 Å². The summed E-state index contributed by atoms with van der Waals surface area (Å²) in [5.41, 5.74) is 11.7. The number of amides is 2. The Kier molecular flexibility index (Phi) is 9.02. The van der Waals surface area contributed by atoms with E-state index in [1.54, 1.807) is 23.5 Å². The third-order valence-corrected chi connectivity index (χ3v) is 6.06. The molecule has 0 bridgehead atoms. The first-order valence-corrected chi connectivity index (χ1v) is 12.7. The number of unbranched alkanes of at least 4 members (excludes halogenated alkanes) is 1. The molecule has 2 amide bonds. The Hall–Kier alpha value is -4.72. The molecular weight excluding hydrogens is 476 g/mol. The molecule has 8 nitrogen and oxygen atoms in total. The summed E-state index contributed by atoms with van der Waals surface area (Å²) in [6, 6.07) is 21.1. The highest BCUT2D eigenvalue weighted by Crippen LogP contribution is 2.25. The van der Waals surface area contributed by atoms with Gasteiger partial charge in [-0.15, -0.1) is 0 Å². The molecular formula is C30H32N6O2. The number of rotatable bonds is 12. The Bertz CT molecular complexity index is 1360. The molecule has 0 aliphatic rings. The van der Waals surface area contributed by atoms with Crippen molar-refractivity contribution in [2.24, 2.45) is 0 Å². The first-order chi connectivity index (χ1) is 18.5. The number of carbonyl (C=O) groups excluding carboxylic acids is 2. The third-order valence-electron chi connectivity index (χ3n) is 6.06. The lowest BCUT2D eigenvalue weighted by Gasteiger charge is -2.17. The van der Waals surface area contributed by atoms with Gasteiger partial charge in [0.05, 0.1) is 23.8 Å². The van der Waals surface area contributed by atoms with E-state index in [-0.39, 0.29) is 5.91 Å². The van der Waals surface area contributed by atoms with Crippen LogP contribution in [0.15, 0.2) is 85.3 Å². The first kappa shape index (κ1) is 26.3. The van der Waals surface area contributed by atoms with E-state index in [9.17, 15) is 9.59 Å².